The number of Topliss-reactive ketones (excluding diaryl/α,β-unsaturated/α-hetero) is 1. The first-order valence-corrected chi connectivity index (χ1v) is 25.0. The summed E-state index contributed by atoms with van der Waals surface area (Å²) < 4.78 is 138. The van der Waals surface area contributed by atoms with Crippen LogP contribution in [0.3, 0.4) is 0 Å². The zero-order valence-corrected chi connectivity index (χ0v) is 37.5. The molecular weight excluding hydrogens is 921 g/mol. The van der Waals surface area contributed by atoms with Gasteiger partial charge in [0.1, 0.15) is 15.6 Å². The fraction of sp³-hybridized carbons (Fsp3) is 0.114. The van der Waals surface area contributed by atoms with Crippen LogP contribution in [0.1, 0.15) is 28.1 Å². The quantitative estimate of drug-likeness (QED) is 0.0636. The highest BCUT2D eigenvalue weighted by Gasteiger charge is 2.25. The van der Waals surface area contributed by atoms with E-state index >= 15 is 0 Å². The van der Waals surface area contributed by atoms with Gasteiger partial charge in [0.25, 0.3) is 40.5 Å². The molecule has 0 aliphatic rings. The van der Waals surface area contributed by atoms with Crippen molar-refractivity contribution in [2.24, 2.45) is 0 Å². The maximum atomic E-state index is 13.8. The molecule has 65 heavy (non-hydrogen) atoms. The highest BCUT2D eigenvalue weighted by Crippen LogP contribution is 2.39. The predicted octanol–water partition coefficient (Wildman–Crippen LogP) is 7.84. The summed E-state index contributed by atoms with van der Waals surface area (Å²) in [5.74, 6) is -0.175. The second-order valence-electron chi connectivity index (χ2n) is 15.5. The average Bonchev–Trinajstić information content (AvgIpc) is 3.19. The molecule has 0 fully saturated rings. The maximum Gasteiger partial charge on any atom is 0.295 e. The Morgan fingerprint density at radius 1 is 0.492 bits per heavy atom. The molecule has 0 aliphatic heterocycles. The highest BCUT2D eigenvalue weighted by molar-refractivity contribution is 7.87. The van der Waals surface area contributed by atoms with E-state index in [0.29, 0.717) is 73.4 Å². The lowest BCUT2D eigenvalue weighted by Crippen LogP contribution is -2.08. The molecule has 0 radical (unpaired) electrons. The Bertz CT molecular complexity index is 3840. The minimum absolute atomic E-state index is 0.0165. The Kier molecular flexibility index (Phi) is 11.3. The Balaban J connectivity index is 1.12. The van der Waals surface area contributed by atoms with E-state index in [9.17, 15) is 56.7 Å². The van der Waals surface area contributed by atoms with Gasteiger partial charge in [0.05, 0.1) is 20.8 Å². The number of aromatic nitrogens is 2. The Morgan fingerprint density at radius 2 is 0.954 bits per heavy atom. The first-order valence-electron chi connectivity index (χ1n) is 19.2. The Labute approximate surface area is 372 Å². The van der Waals surface area contributed by atoms with Crippen molar-refractivity contribution < 1.29 is 56.7 Å². The number of nitrogens with one attached hydrogen (secondary N) is 2. The molecule has 0 unspecified atom stereocenters. The van der Waals surface area contributed by atoms with Crippen LogP contribution in [-0.4, -0.2) is 67.6 Å². The molecule has 0 spiro atoms. The molecule has 0 saturated carbocycles. The van der Waals surface area contributed by atoms with E-state index in [1.165, 1.54) is 24.3 Å². The van der Waals surface area contributed by atoms with Gasteiger partial charge in [0.2, 0.25) is 0 Å². The molecule has 6 aromatic carbocycles. The summed E-state index contributed by atoms with van der Waals surface area (Å²) >= 11 is 0. The van der Waals surface area contributed by atoms with Crippen LogP contribution in [0.5, 0.6) is 0 Å². The summed E-state index contributed by atoms with van der Waals surface area (Å²) in [5.41, 5.74) is 5.36. The number of aryl methyl sites for hydroxylation is 3. The van der Waals surface area contributed by atoms with E-state index in [0.717, 1.165) is 12.1 Å². The van der Waals surface area contributed by atoms with E-state index in [2.05, 4.69) is 20.6 Å². The van der Waals surface area contributed by atoms with Gasteiger partial charge in [0, 0.05) is 68.5 Å². The van der Waals surface area contributed by atoms with E-state index in [1.807, 2.05) is 0 Å². The predicted molar refractivity (Wildman–Crippen MR) is 244 cm³/mol. The molecule has 0 saturated heterocycles. The number of anilines is 4. The van der Waals surface area contributed by atoms with Gasteiger partial charge < -0.3 is 10.6 Å². The van der Waals surface area contributed by atoms with Gasteiger partial charge in [-0.3, -0.25) is 33.0 Å². The minimum Gasteiger partial charge on any atom is -0.354 e. The molecule has 21 heteroatoms. The number of benzene rings is 6. The molecule has 17 nitrogen and oxygen atoms in total. The molecule has 334 valence electrons. The van der Waals surface area contributed by atoms with Crippen molar-refractivity contribution >= 4 is 112 Å². The number of fused-ring (bicyclic) bond motifs is 4. The van der Waals surface area contributed by atoms with Crippen molar-refractivity contribution in [3.05, 3.63) is 131 Å². The van der Waals surface area contributed by atoms with Crippen molar-refractivity contribution in [3.63, 3.8) is 0 Å². The van der Waals surface area contributed by atoms with Gasteiger partial charge in [-0.1, -0.05) is 30.3 Å². The summed E-state index contributed by atoms with van der Waals surface area (Å²) in [4.78, 5) is 20.0. The molecule has 0 aliphatic carbocycles. The second kappa shape index (κ2) is 16.2. The highest BCUT2D eigenvalue weighted by atomic mass is 32.2. The first kappa shape index (κ1) is 45.1. The van der Waals surface area contributed by atoms with Crippen molar-refractivity contribution in [2.45, 2.75) is 53.2 Å². The first-order chi connectivity index (χ1) is 30.3. The lowest BCUT2D eigenvalue weighted by atomic mass is 9.99. The number of hydrogen-bond acceptors (Lipinski definition) is 13. The molecular formula is C44H36N4O13S4. The summed E-state index contributed by atoms with van der Waals surface area (Å²) in [6.07, 6.45) is -0.0332. The van der Waals surface area contributed by atoms with Crippen molar-refractivity contribution in [1.29, 1.82) is 0 Å². The van der Waals surface area contributed by atoms with Crippen molar-refractivity contribution in [1.82, 2.24) is 9.97 Å². The number of ketones is 1. The zero-order valence-electron chi connectivity index (χ0n) is 34.2. The Hall–Kier alpha value is -6.43. The summed E-state index contributed by atoms with van der Waals surface area (Å²) in [6, 6.07) is 25.0. The SMILES string of the molecule is Cc1cc(Nc2cc(C)nc3ccc(CC(=O)Cc4ccc5nc(C)cc(Nc6cccc7cc(S(=O)(=O)O)cc(S(=O)(=O)O)c67)c5c4)cc23)c2c(S(=O)(=O)O)cc(S(=O)(=O)O)cc2c1. The van der Waals surface area contributed by atoms with Gasteiger partial charge in [-0.15, -0.1) is 0 Å². The van der Waals surface area contributed by atoms with E-state index < -0.39 is 60.1 Å². The standard InChI is InChI=1S/C44H36N4O13S4/c1-23-11-29-20-32(63(53,54)55)22-42(65(59,60)61)44(29)40(12-23)48-39-14-25(3)46-36-10-8-27(18-34(36)39)16-30(49)15-26-7-9-35-33(17-26)38(13-24(2)45-35)47-37-6-4-5-28-19-31(62(50,51)52)21-41(43(28)37)64(56,57)58/h4-14,17-22H,15-16H2,1-3H3,(H,45,47)(H,46,48)(H,50,51,52)(H,53,54,55)(H,56,57,58)(H,59,60,61). The lowest BCUT2D eigenvalue weighted by Gasteiger charge is -2.17. The zero-order chi connectivity index (χ0) is 47.0. The largest absolute Gasteiger partial charge is 0.354 e. The van der Waals surface area contributed by atoms with Crippen molar-refractivity contribution in [2.75, 3.05) is 10.6 Å². The average molecular weight is 957 g/mol. The number of rotatable bonds is 12. The summed E-state index contributed by atoms with van der Waals surface area (Å²) in [7, 11) is -19.7. The van der Waals surface area contributed by atoms with Gasteiger partial charge in [-0.05, 0) is 121 Å². The third-order valence-electron chi connectivity index (χ3n) is 10.5. The van der Waals surface area contributed by atoms with Crippen LogP contribution in [0.25, 0.3) is 43.4 Å². The van der Waals surface area contributed by atoms with Crippen LogP contribution in [0.15, 0.2) is 123 Å². The Morgan fingerprint density at radius 3 is 1.43 bits per heavy atom. The number of carbonyl (C=O) groups excluding carboxylic acids is 1. The normalized spacial score (nSPS) is 12.6. The van der Waals surface area contributed by atoms with Crippen LogP contribution >= 0.6 is 0 Å². The fourth-order valence-electron chi connectivity index (χ4n) is 7.91. The molecule has 8 rings (SSSR count). The van der Waals surface area contributed by atoms with Gasteiger partial charge >= 0.3 is 0 Å². The second-order valence-corrected chi connectivity index (χ2v) is 21.1. The fourth-order valence-corrected chi connectivity index (χ4v) is 10.7. The number of carbonyl (C=O) groups is 1. The van der Waals surface area contributed by atoms with Crippen LogP contribution in [0.4, 0.5) is 22.7 Å². The number of nitrogens with zero attached hydrogens (tertiary/aromatic N) is 2. The van der Waals surface area contributed by atoms with E-state index in [-0.39, 0.29) is 51.5 Å². The monoisotopic (exact) mass is 956 g/mol. The van der Waals surface area contributed by atoms with Gasteiger partial charge in [0.15, 0.2) is 0 Å². The number of pyridine rings is 2. The topological polar surface area (TPSA) is 284 Å². The number of hydrogen-bond donors (Lipinski definition) is 6. The molecule has 8 aromatic rings. The molecule has 6 N–H and O–H groups in total. The molecule has 0 bridgehead atoms. The molecule has 2 aromatic heterocycles. The van der Waals surface area contributed by atoms with Gasteiger partial charge in [-0.2, -0.15) is 33.7 Å². The summed E-state index contributed by atoms with van der Waals surface area (Å²) in [5, 5.41) is 7.66. The minimum atomic E-state index is -5.01. The lowest BCUT2D eigenvalue weighted by molar-refractivity contribution is -0.117. The summed E-state index contributed by atoms with van der Waals surface area (Å²) in [6.45, 7) is 5.19. The van der Waals surface area contributed by atoms with E-state index in [4.69, 9.17) is 0 Å². The van der Waals surface area contributed by atoms with Crippen molar-refractivity contribution in [3.8, 4) is 0 Å². The maximum absolute atomic E-state index is 13.8. The molecule has 2 heterocycles. The van der Waals surface area contributed by atoms with Gasteiger partial charge in [-0.25, -0.2) is 0 Å². The van der Waals surface area contributed by atoms with Crippen LogP contribution in [-0.2, 0) is 58.1 Å². The van der Waals surface area contributed by atoms with Crippen LogP contribution in [0, 0.1) is 20.8 Å². The van der Waals surface area contributed by atoms with Crippen LogP contribution < -0.4 is 10.6 Å². The smallest absolute Gasteiger partial charge is 0.295 e. The third-order valence-corrected chi connectivity index (χ3v) is 14.0. The molecule has 0 amide bonds. The molecule has 0 atom stereocenters. The van der Waals surface area contributed by atoms with Crippen LogP contribution in [0.2, 0.25) is 0 Å². The third kappa shape index (κ3) is 9.39. The van der Waals surface area contributed by atoms with E-state index in [1.54, 1.807) is 75.4 Å².